The number of amides is 1. The number of hydrogen-bond donors (Lipinski definition) is 1. The lowest BCUT2D eigenvalue weighted by Gasteiger charge is -2.03. The molecule has 0 radical (unpaired) electrons. The van der Waals surface area contributed by atoms with Gasteiger partial charge in [0, 0.05) is 13.6 Å². The Morgan fingerprint density at radius 1 is 1.77 bits per heavy atom. The van der Waals surface area contributed by atoms with Crippen molar-refractivity contribution in [3.8, 4) is 0 Å². The Bertz CT molecular complexity index is 314. The highest BCUT2D eigenvalue weighted by Gasteiger charge is 2.22. The molecule has 0 unspecified atom stereocenters. The van der Waals surface area contributed by atoms with Gasteiger partial charge in [0.05, 0.1) is 12.5 Å². The molecule has 13 heavy (non-hydrogen) atoms. The fourth-order valence-electron chi connectivity index (χ4n) is 1.23. The van der Waals surface area contributed by atoms with Crippen LogP contribution in [-0.2, 0) is 7.05 Å². The second-order valence-corrected chi connectivity index (χ2v) is 3.54. The molecule has 1 aromatic rings. The summed E-state index contributed by atoms with van der Waals surface area (Å²) in [5.74, 6) is 0.698. The number of hydrogen-bond acceptors (Lipinski definition) is 2. The molecule has 0 aliphatic heterocycles. The molecule has 1 saturated carbocycles. The normalized spacial score (nSPS) is 15.8. The monoisotopic (exact) mass is 179 g/mol. The molecule has 4 heteroatoms. The van der Waals surface area contributed by atoms with Crippen molar-refractivity contribution < 1.29 is 4.79 Å². The lowest BCUT2D eigenvalue weighted by Crippen LogP contribution is -2.27. The smallest absolute Gasteiger partial charge is 0.269 e. The van der Waals surface area contributed by atoms with Gasteiger partial charge in [0.25, 0.3) is 5.91 Å². The van der Waals surface area contributed by atoms with Crippen molar-refractivity contribution in [2.24, 2.45) is 13.0 Å². The van der Waals surface area contributed by atoms with E-state index >= 15 is 0 Å². The van der Waals surface area contributed by atoms with E-state index in [1.165, 1.54) is 12.8 Å². The van der Waals surface area contributed by atoms with Crippen molar-refractivity contribution >= 4 is 5.91 Å². The fraction of sp³-hybridized carbons (Fsp3) is 0.556. The predicted octanol–water partition coefficient (Wildman–Crippen LogP) is 0.560. The molecule has 0 bridgehead atoms. The Morgan fingerprint density at radius 2 is 2.54 bits per heavy atom. The zero-order chi connectivity index (χ0) is 9.26. The van der Waals surface area contributed by atoms with Crippen LogP contribution in [0.4, 0.5) is 0 Å². The van der Waals surface area contributed by atoms with Crippen molar-refractivity contribution in [1.82, 2.24) is 14.9 Å². The fourth-order valence-corrected chi connectivity index (χ4v) is 1.23. The van der Waals surface area contributed by atoms with Crippen molar-refractivity contribution in [3.63, 3.8) is 0 Å². The van der Waals surface area contributed by atoms with Crippen LogP contribution in [0.1, 0.15) is 23.3 Å². The summed E-state index contributed by atoms with van der Waals surface area (Å²) in [5, 5.41) is 2.89. The standard InChI is InChI=1S/C9H13N3O/c1-12-6-10-5-8(12)9(13)11-4-7-2-3-7/h5-7H,2-4H2,1H3,(H,11,13). The van der Waals surface area contributed by atoms with Gasteiger partial charge in [-0.05, 0) is 18.8 Å². The van der Waals surface area contributed by atoms with Crippen LogP contribution in [0.15, 0.2) is 12.5 Å². The predicted molar refractivity (Wildman–Crippen MR) is 48.3 cm³/mol. The van der Waals surface area contributed by atoms with E-state index in [9.17, 15) is 4.79 Å². The van der Waals surface area contributed by atoms with Crippen molar-refractivity contribution in [1.29, 1.82) is 0 Å². The molecule has 0 saturated heterocycles. The number of carbonyl (C=O) groups excluding carboxylic acids is 1. The van der Waals surface area contributed by atoms with E-state index in [2.05, 4.69) is 10.3 Å². The summed E-state index contributed by atoms with van der Waals surface area (Å²) >= 11 is 0. The maximum Gasteiger partial charge on any atom is 0.269 e. The number of rotatable bonds is 3. The van der Waals surface area contributed by atoms with Crippen LogP contribution in [0, 0.1) is 5.92 Å². The van der Waals surface area contributed by atoms with Gasteiger partial charge in [0.1, 0.15) is 5.69 Å². The Morgan fingerprint density at radius 3 is 3.08 bits per heavy atom. The van der Waals surface area contributed by atoms with Crippen LogP contribution in [-0.4, -0.2) is 22.0 Å². The van der Waals surface area contributed by atoms with Crippen molar-refractivity contribution in [2.75, 3.05) is 6.54 Å². The molecule has 4 nitrogen and oxygen atoms in total. The molecular formula is C9H13N3O. The second kappa shape index (κ2) is 3.20. The minimum absolute atomic E-state index is 0.0214. The van der Waals surface area contributed by atoms with Gasteiger partial charge in [-0.15, -0.1) is 0 Å². The first kappa shape index (κ1) is 8.29. The highest BCUT2D eigenvalue weighted by molar-refractivity contribution is 5.92. The number of imidazole rings is 1. The average molecular weight is 179 g/mol. The third-order valence-electron chi connectivity index (χ3n) is 2.30. The summed E-state index contributed by atoms with van der Waals surface area (Å²) in [7, 11) is 1.82. The molecule has 1 aromatic heterocycles. The molecule has 1 amide bonds. The van der Waals surface area contributed by atoms with Gasteiger partial charge in [-0.25, -0.2) is 4.98 Å². The zero-order valence-electron chi connectivity index (χ0n) is 7.66. The Labute approximate surface area is 77.0 Å². The maximum atomic E-state index is 11.5. The summed E-state index contributed by atoms with van der Waals surface area (Å²) in [6, 6.07) is 0. The zero-order valence-corrected chi connectivity index (χ0v) is 7.66. The van der Waals surface area contributed by atoms with Crippen LogP contribution in [0.3, 0.4) is 0 Å². The van der Waals surface area contributed by atoms with Crippen LogP contribution >= 0.6 is 0 Å². The molecule has 1 aliphatic carbocycles. The lowest BCUT2D eigenvalue weighted by atomic mass is 10.4. The Kier molecular flexibility index (Phi) is 2.04. The van der Waals surface area contributed by atoms with Crippen LogP contribution in [0.25, 0.3) is 0 Å². The number of aryl methyl sites for hydroxylation is 1. The molecule has 0 atom stereocenters. The Hall–Kier alpha value is -1.32. The second-order valence-electron chi connectivity index (χ2n) is 3.54. The SMILES string of the molecule is Cn1cncc1C(=O)NCC1CC1. The van der Waals surface area contributed by atoms with Crippen molar-refractivity contribution in [2.45, 2.75) is 12.8 Å². The van der Waals surface area contributed by atoms with Gasteiger partial charge in [0.2, 0.25) is 0 Å². The molecule has 1 N–H and O–H groups in total. The summed E-state index contributed by atoms with van der Waals surface area (Å²) in [6.07, 6.45) is 5.73. The Balaban J connectivity index is 1.92. The molecular weight excluding hydrogens is 166 g/mol. The first-order valence-corrected chi connectivity index (χ1v) is 4.52. The molecule has 2 rings (SSSR count). The largest absolute Gasteiger partial charge is 0.350 e. The summed E-state index contributed by atoms with van der Waals surface area (Å²) in [6.45, 7) is 0.810. The quantitative estimate of drug-likeness (QED) is 0.737. The third-order valence-corrected chi connectivity index (χ3v) is 2.30. The number of nitrogens with zero attached hydrogens (tertiary/aromatic N) is 2. The topological polar surface area (TPSA) is 46.9 Å². The summed E-state index contributed by atoms with van der Waals surface area (Å²) in [5.41, 5.74) is 0.626. The summed E-state index contributed by atoms with van der Waals surface area (Å²) < 4.78 is 1.72. The van der Waals surface area contributed by atoms with E-state index in [1.807, 2.05) is 7.05 Å². The number of aromatic nitrogens is 2. The highest BCUT2D eigenvalue weighted by atomic mass is 16.1. The van der Waals surface area contributed by atoms with Gasteiger partial charge < -0.3 is 9.88 Å². The van der Waals surface area contributed by atoms with Gasteiger partial charge in [0.15, 0.2) is 0 Å². The number of carbonyl (C=O) groups is 1. The molecule has 1 fully saturated rings. The van der Waals surface area contributed by atoms with Gasteiger partial charge in [-0.1, -0.05) is 0 Å². The first-order valence-electron chi connectivity index (χ1n) is 4.52. The minimum atomic E-state index is -0.0214. The molecule has 0 spiro atoms. The highest BCUT2D eigenvalue weighted by Crippen LogP contribution is 2.27. The van der Waals surface area contributed by atoms with E-state index < -0.39 is 0 Å². The average Bonchev–Trinajstić information content (AvgIpc) is 2.84. The van der Waals surface area contributed by atoms with Crippen LogP contribution < -0.4 is 5.32 Å². The van der Waals surface area contributed by atoms with Crippen molar-refractivity contribution in [3.05, 3.63) is 18.2 Å². The van der Waals surface area contributed by atoms with Gasteiger partial charge in [-0.3, -0.25) is 4.79 Å². The molecule has 70 valence electrons. The van der Waals surface area contributed by atoms with Gasteiger partial charge in [-0.2, -0.15) is 0 Å². The molecule has 1 aliphatic rings. The minimum Gasteiger partial charge on any atom is -0.350 e. The lowest BCUT2D eigenvalue weighted by molar-refractivity contribution is 0.0943. The van der Waals surface area contributed by atoms with Gasteiger partial charge >= 0.3 is 0 Å². The van der Waals surface area contributed by atoms with E-state index in [0.29, 0.717) is 5.69 Å². The molecule has 1 heterocycles. The third kappa shape index (κ3) is 1.88. The van der Waals surface area contributed by atoms with Crippen LogP contribution in [0.2, 0.25) is 0 Å². The first-order chi connectivity index (χ1) is 6.27. The van der Waals surface area contributed by atoms with E-state index in [-0.39, 0.29) is 5.91 Å². The maximum absolute atomic E-state index is 11.5. The van der Waals surface area contributed by atoms with E-state index in [0.717, 1.165) is 12.5 Å². The number of nitrogens with one attached hydrogen (secondary N) is 1. The summed E-state index contributed by atoms with van der Waals surface area (Å²) in [4.78, 5) is 15.4. The molecule has 0 aromatic carbocycles. The van der Waals surface area contributed by atoms with E-state index in [4.69, 9.17) is 0 Å². The van der Waals surface area contributed by atoms with Crippen LogP contribution in [0.5, 0.6) is 0 Å². The van der Waals surface area contributed by atoms with E-state index in [1.54, 1.807) is 17.1 Å².